The third-order valence-corrected chi connectivity index (χ3v) is 6.62. The van der Waals surface area contributed by atoms with Gasteiger partial charge < -0.3 is 14.6 Å². The van der Waals surface area contributed by atoms with Crippen LogP contribution in [0.4, 0.5) is 0 Å². The molecule has 0 saturated carbocycles. The van der Waals surface area contributed by atoms with Gasteiger partial charge in [-0.05, 0) is 66.8 Å². The minimum atomic E-state index is 0.117. The van der Waals surface area contributed by atoms with Crippen LogP contribution >= 0.6 is 0 Å². The lowest BCUT2D eigenvalue weighted by Crippen LogP contribution is -2.21. The molecular formula is C26H42N2O. The molecule has 3 nitrogen and oxygen atoms in total. The van der Waals surface area contributed by atoms with E-state index in [9.17, 15) is 0 Å². The third kappa shape index (κ3) is 6.37. The Bertz CT molecular complexity index is 758. The van der Waals surface area contributed by atoms with Gasteiger partial charge in [-0.2, -0.15) is 0 Å². The molecule has 0 aliphatic heterocycles. The summed E-state index contributed by atoms with van der Waals surface area (Å²) in [6.45, 7) is 16.5. The van der Waals surface area contributed by atoms with Gasteiger partial charge in [0, 0.05) is 31.0 Å². The highest BCUT2D eigenvalue weighted by molar-refractivity contribution is 5.44. The van der Waals surface area contributed by atoms with E-state index < -0.39 is 0 Å². The molecule has 0 saturated heterocycles. The molecule has 0 aliphatic carbocycles. The summed E-state index contributed by atoms with van der Waals surface area (Å²) in [4.78, 5) is 0. The average molecular weight is 399 g/mol. The number of ether oxygens (including phenoxy) is 1. The Hall–Kier alpha value is -1.74. The lowest BCUT2D eigenvalue weighted by Gasteiger charge is -2.30. The van der Waals surface area contributed by atoms with Gasteiger partial charge in [0.2, 0.25) is 0 Å². The second kappa shape index (κ2) is 10.3. The number of benzene rings is 1. The molecule has 1 N–H and O–H groups in total. The van der Waals surface area contributed by atoms with Crippen molar-refractivity contribution in [3.8, 4) is 5.75 Å². The number of aromatic nitrogens is 1. The highest BCUT2D eigenvalue weighted by atomic mass is 16.5. The number of hydrogen-bond acceptors (Lipinski definition) is 2. The van der Waals surface area contributed by atoms with E-state index in [1.54, 1.807) is 0 Å². The summed E-state index contributed by atoms with van der Waals surface area (Å²) in [5, 5.41) is 3.53. The van der Waals surface area contributed by atoms with Crippen LogP contribution in [0.25, 0.3) is 0 Å². The number of rotatable bonds is 12. The minimum Gasteiger partial charge on any atom is -0.493 e. The summed E-state index contributed by atoms with van der Waals surface area (Å²) in [6.07, 6.45) is 6.51. The molecule has 1 aromatic carbocycles. The van der Waals surface area contributed by atoms with Crippen molar-refractivity contribution < 1.29 is 4.74 Å². The van der Waals surface area contributed by atoms with Gasteiger partial charge in [0.05, 0.1) is 6.61 Å². The van der Waals surface area contributed by atoms with E-state index >= 15 is 0 Å². The molecule has 0 unspecified atom stereocenters. The van der Waals surface area contributed by atoms with Gasteiger partial charge in [0.1, 0.15) is 5.75 Å². The maximum atomic E-state index is 6.27. The Morgan fingerprint density at radius 1 is 0.966 bits per heavy atom. The monoisotopic (exact) mass is 398 g/mol. The minimum absolute atomic E-state index is 0.117. The van der Waals surface area contributed by atoms with Gasteiger partial charge in [-0.15, -0.1) is 0 Å². The van der Waals surface area contributed by atoms with Gasteiger partial charge in [0.25, 0.3) is 0 Å². The van der Waals surface area contributed by atoms with Crippen molar-refractivity contribution in [3.63, 3.8) is 0 Å². The van der Waals surface area contributed by atoms with Crippen LogP contribution in [0.5, 0.6) is 5.75 Å². The largest absolute Gasteiger partial charge is 0.493 e. The van der Waals surface area contributed by atoms with E-state index in [0.717, 1.165) is 51.1 Å². The van der Waals surface area contributed by atoms with Gasteiger partial charge >= 0.3 is 0 Å². The molecule has 0 spiro atoms. The molecule has 0 aliphatic rings. The summed E-state index contributed by atoms with van der Waals surface area (Å²) in [5.41, 5.74) is 4.39. The lowest BCUT2D eigenvalue weighted by atomic mass is 9.76. The van der Waals surface area contributed by atoms with Crippen molar-refractivity contribution >= 4 is 0 Å². The maximum Gasteiger partial charge on any atom is 0.123 e. The zero-order chi connectivity index (χ0) is 21.5. The maximum absolute atomic E-state index is 6.27. The van der Waals surface area contributed by atoms with E-state index in [4.69, 9.17) is 4.74 Å². The molecule has 1 heterocycles. The predicted molar refractivity (Wildman–Crippen MR) is 125 cm³/mol. The second-order valence-corrected chi connectivity index (χ2v) is 9.53. The summed E-state index contributed by atoms with van der Waals surface area (Å²) in [7, 11) is 2.09. The van der Waals surface area contributed by atoms with E-state index in [-0.39, 0.29) is 10.8 Å². The predicted octanol–water partition coefficient (Wildman–Crippen LogP) is 6.35. The summed E-state index contributed by atoms with van der Waals surface area (Å²) in [5.74, 6) is 1.06. The molecule has 0 radical (unpaired) electrons. The van der Waals surface area contributed by atoms with Crippen molar-refractivity contribution in [1.29, 1.82) is 0 Å². The first kappa shape index (κ1) is 23.5. The van der Waals surface area contributed by atoms with Crippen LogP contribution in [0.2, 0.25) is 0 Å². The zero-order valence-corrected chi connectivity index (χ0v) is 19.8. The van der Waals surface area contributed by atoms with Crippen LogP contribution in [-0.2, 0) is 24.4 Å². The molecule has 29 heavy (non-hydrogen) atoms. The fourth-order valence-electron chi connectivity index (χ4n) is 3.43. The van der Waals surface area contributed by atoms with Gasteiger partial charge in [0.15, 0.2) is 0 Å². The molecule has 0 bridgehead atoms. The summed E-state index contributed by atoms with van der Waals surface area (Å²) < 4.78 is 8.43. The molecule has 3 heteroatoms. The Labute approximate surface area is 178 Å². The van der Waals surface area contributed by atoms with Crippen molar-refractivity contribution in [2.45, 2.75) is 84.6 Å². The zero-order valence-electron chi connectivity index (χ0n) is 19.8. The van der Waals surface area contributed by atoms with Gasteiger partial charge in [-0.3, -0.25) is 0 Å². The molecule has 0 amide bonds. The first-order chi connectivity index (χ1) is 13.7. The Balaban J connectivity index is 1.89. The first-order valence-electron chi connectivity index (χ1n) is 11.3. The number of unbranched alkanes of at least 4 members (excludes halogenated alkanes) is 1. The van der Waals surface area contributed by atoms with E-state index in [2.05, 4.69) is 95.0 Å². The molecule has 1 aromatic heterocycles. The highest BCUT2D eigenvalue weighted by Gasteiger charge is 2.26. The fourth-order valence-corrected chi connectivity index (χ4v) is 3.43. The highest BCUT2D eigenvalue weighted by Crippen LogP contribution is 2.38. The van der Waals surface area contributed by atoms with Crippen molar-refractivity contribution in [2.75, 3.05) is 13.2 Å². The van der Waals surface area contributed by atoms with E-state index in [0.29, 0.717) is 0 Å². The molecule has 162 valence electrons. The molecule has 2 rings (SSSR count). The summed E-state index contributed by atoms with van der Waals surface area (Å²) >= 11 is 0. The van der Waals surface area contributed by atoms with Crippen molar-refractivity contribution in [1.82, 2.24) is 9.88 Å². The van der Waals surface area contributed by atoms with Crippen LogP contribution in [-0.4, -0.2) is 17.7 Å². The van der Waals surface area contributed by atoms with E-state index in [1.807, 2.05) is 0 Å². The topological polar surface area (TPSA) is 26.2 Å². The number of nitrogens with zero attached hydrogens (tertiary/aromatic N) is 1. The Morgan fingerprint density at radius 2 is 1.69 bits per heavy atom. The number of nitrogens with one attached hydrogen (secondary N) is 1. The van der Waals surface area contributed by atoms with Crippen molar-refractivity contribution in [3.05, 3.63) is 53.3 Å². The Morgan fingerprint density at radius 3 is 2.31 bits per heavy atom. The van der Waals surface area contributed by atoms with Crippen LogP contribution in [0.1, 0.15) is 84.0 Å². The Kier molecular flexibility index (Phi) is 8.39. The smallest absolute Gasteiger partial charge is 0.123 e. The number of hydrogen-bond donors (Lipinski definition) is 1. The normalized spacial score (nSPS) is 12.4. The molecule has 2 aromatic rings. The summed E-state index contributed by atoms with van der Waals surface area (Å²) in [6, 6.07) is 11.1. The van der Waals surface area contributed by atoms with Crippen LogP contribution in [0.15, 0.2) is 36.5 Å². The second-order valence-electron chi connectivity index (χ2n) is 9.53. The molecular weight excluding hydrogens is 356 g/mol. The first-order valence-corrected chi connectivity index (χ1v) is 11.3. The fraction of sp³-hybridized carbons (Fsp3) is 0.615. The van der Waals surface area contributed by atoms with Crippen LogP contribution in [0, 0.1) is 0 Å². The lowest BCUT2D eigenvalue weighted by molar-refractivity contribution is 0.295. The third-order valence-electron chi connectivity index (χ3n) is 6.62. The van der Waals surface area contributed by atoms with Gasteiger partial charge in [-0.1, -0.05) is 53.7 Å². The van der Waals surface area contributed by atoms with Gasteiger partial charge in [-0.25, -0.2) is 0 Å². The quantitative estimate of drug-likeness (QED) is 0.422. The molecule has 0 atom stereocenters. The van der Waals surface area contributed by atoms with E-state index in [1.165, 1.54) is 16.8 Å². The SMILES string of the molecule is CCC(C)(C)c1ccc(OCCCCNCc2cccn2C)c(C(C)(C)CC)c1. The molecule has 0 fully saturated rings. The van der Waals surface area contributed by atoms with Crippen LogP contribution in [0.3, 0.4) is 0 Å². The number of aryl methyl sites for hydroxylation is 1. The standard InChI is InChI=1S/C26H42N2O/c1-8-25(3,4)21-14-15-24(23(19-21)26(5,6)9-2)29-18-11-10-16-27-20-22-13-12-17-28(22)7/h12-15,17,19,27H,8-11,16,18,20H2,1-7H3. The van der Waals surface area contributed by atoms with Crippen molar-refractivity contribution in [2.24, 2.45) is 7.05 Å². The van der Waals surface area contributed by atoms with Crippen LogP contribution < -0.4 is 10.1 Å². The average Bonchev–Trinajstić information content (AvgIpc) is 3.11.